The van der Waals surface area contributed by atoms with Crippen molar-refractivity contribution >= 4 is 11.4 Å². The Balaban J connectivity index is 2.17. The zero-order chi connectivity index (χ0) is 14.5. The molecule has 0 radical (unpaired) electrons. The van der Waals surface area contributed by atoms with E-state index in [2.05, 4.69) is 22.3 Å². The van der Waals surface area contributed by atoms with Crippen LogP contribution in [0.2, 0.25) is 0 Å². The average molecular weight is 267 g/mol. The van der Waals surface area contributed by atoms with E-state index in [0.29, 0.717) is 5.71 Å². The van der Waals surface area contributed by atoms with Crippen molar-refractivity contribution in [2.45, 2.75) is 6.54 Å². The van der Waals surface area contributed by atoms with Crippen molar-refractivity contribution in [3.05, 3.63) is 65.2 Å². The Bertz CT molecular complexity index is 568. The van der Waals surface area contributed by atoms with Gasteiger partial charge in [0.1, 0.15) is 0 Å². The predicted molar refractivity (Wildman–Crippen MR) is 85.9 cm³/mol. The van der Waals surface area contributed by atoms with Crippen LogP contribution in [-0.4, -0.2) is 26.9 Å². The first kappa shape index (κ1) is 14.3. The Kier molecular flexibility index (Phi) is 4.53. The fourth-order valence-corrected chi connectivity index (χ4v) is 2.09. The average Bonchev–Trinajstić information content (AvgIpc) is 2.48. The second-order valence-corrected chi connectivity index (χ2v) is 5.04. The molecule has 0 aliphatic carbocycles. The van der Waals surface area contributed by atoms with Gasteiger partial charge in [0.2, 0.25) is 0 Å². The van der Waals surface area contributed by atoms with Gasteiger partial charge in [0.05, 0.1) is 5.71 Å². The van der Waals surface area contributed by atoms with Crippen molar-refractivity contribution in [3.8, 4) is 0 Å². The molecule has 0 saturated carbocycles. The molecule has 0 aromatic heterocycles. The third-order valence-electron chi connectivity index (χ3n) is 3.30. The lowest BCUT2D eigenvalue weighted by Crippen LogP contribution is -2.09. The van der Waals surface area contributed by atoms with Crippen LogP contribution < -0.4 is 10.2 Å². The predicted octanol–water partition coefficient (Wildman–Crippen LogP) is 2.89. The van der Waals surface area contributed by atoms with E-state index in [0.717, 1.165) is 23.4 Å². The molecule has 3 heteroatoms. The van der Waals surface area contributed by atoms with Crippen LogP contribution in [0.3, 0.4) is 0 Å². The minimum Gasteiger partial charge on any atom is -0.378 e. The summed E-state index contributed by atoms with van der Waals surface area (Å²) in [5.74, 6) is 0. The molecule has 0 unspecified atom stereocenters. The molecule has 2 aromatic carbocycles. The molecule has 2 rings (SSSR count). The van der Waals surface area contributed by atoms with E-state index < -0.39 is 0 Å². The largest absolute Gasteiger partial charge is 0.378 e. The molecule has 2 aromatic rings. The van der Waals surface area contributed by atoms with Gasteiger partial charge >= 0.3 is 0 Å². The van der Waals surface area contributed by atoms with Gasteiger partial charge in [-0.15, -0.1) is 0 Å². The molecule has 3 nitrogen and oxygen atoms in total. The quantitative estimate of drug-likeness (QED) is 0.818. The van der Waals surface area contributed by atoms with Crippen LogP contribution in [-0.2, 0) is 6.54 Å². The standard InChI is InChI=1S/C17H21N3/c1-19-12-13-4-6-14(7-5-13)17(18)15-8-10-16(11-9-15)20(2)3/h4-11,18-19H,12H2,1-3H3. The fourth-order valence-electron chi connectivity index (χ4n) is 2.09. The third-order valence-corrected chi connectivity index (χ3v) is 3.30. The van der Waals surface area contributed by atoms with E-state index in [-0.39, 0.29) is 0 Å². The lowest BCUT2D eigenvalue weighted by molar-refractivity contribution is 0.818. The minimum atomic E-state index is 0.561. The molecule has 0 aliphatic heterocycles. The van der Waals surface area contributed by atoms with Gasteiger partial charge in [0, 0.05) is 37.5 Å². The number of nitrogens with one attached hydrogen (secondary N) is 2. The van der Waals surface area contributed by atoms with Crippen LogP contribution in [0.5, 0.6) is 0 Å². The number of anilines is 1. The van der Waals surface area contributed by atoms with Crippen LogP contribution in [0.15, 0.2) is 48.5 Å². The summed E-state index contributed by atoms with van der Waals surface area (Å²) < 4.78 is 0. The SMILES string of the molecule is CNCc1ccc(C(=N)c2ccc(N(C)C)cc2)cc1. The number of hydrogen-bond acceptors (Lipinski definition) is 3. The Labute approximate surface area is 120 Å². The number of rotatable bonds is 5. The van der Waals surface area contributed by atoms with Crippen LogP contribution in [0.1, 0.15) is 16.7 Å². The molecular weight excluding hydrogens is 246 g/mol. The van der Waals surface area contributed by atoms with Crippen molar-refractivity contribution < 1.29 is 0 Å². The van der Waals surface area contributed by atoms with E-state index in [9.17, 15) is 0 Å². The summed E-state index contributed by atoms with van der Waals surface area (Å²) in [6.45, 7) is 0.852. The topological polar surface area (TPSA) is 39.1 Å². The smallest absolute Gasteiger partial charge is 0.0684 e. The Morgan fingerprint density at radius 3 is 1.90 bits per heavy atom. The summed E-state index contributed by atoms with van der Waals surface area (Å²) in [6, 6.07) is 16.2. The summed E-state index contributed by atoms with van der Waals surface area (Å²) in [5.41, 5.74) is 4.82. The van der Waals surface area contributed by atoms with Crippen molar-refractivity contribution in [2.24, 2.45) is 0 Å². The molecule has 0 atom stereocenters. The van der Waals surface area contributed by atoms with Crippen LogP contribution in [0.25, 0.3) is 0 Å². The lowest BCUT2D eigenvalue weighted by Gasteiger charge is -2.13. The maximum Gasteiger partial charge on any atom is 0.0684 e. The highest BCUT2D eigenvalue weighted by Gasteiger charge is 2.05. The highest BCUT2D eigenvalue weighted by molar-refractivity contribution is 6.10. The number of hydrogen-bond donors (Lipinski definition) is 2. The van der Waals surface area contributed by atoms with E-state index in [1.165, 1.54) is 5.56 Å². The second-order valence-electron chi connectivity index (χ2n) is 5.04. The van der Waals surface area contributed by atoms with Gasteiger partial charge < -0.3 is 10.2 Å². The van der Waals surface area contributed by atoms with Gasteiger partial charge in [0.15, 0.2) is 0 Å². The molecule has 104 valence electrons. The van der Waals surface area contributed by atoms with Gasteiger partial charge in [-0.1, -0.05) is 36.4 Å². The van der Waals surface area contributed by atoms with Crippen LogP contribution in [0.4, 0.5) is 5.69 Å². The maximum absolute atomic E-state index is 8.29. The Morgan fingerprint density at radius 2 is 1.45 bits per heavy atom. The maximum atomic E-state index is 8.29. The number of benzene rings is 2. The van der Waals surface area contributed by atoms with Crippen molar-refractivity contribution in [2.75, 3.05) is 26.0 Å². The Morgan fingerprint density at radius 1 is 0.950 bits per heavy atom. The van der Waals surface area contributed by atoms with E-state index in [1.807, 2.05) is 57.5 Å². The molecule has 0 spiro atoms. The third kappa shape index (κ3) is 3.25. The van der Waals surface area contributed by atoms with Crippen molar-refractivity contribution in [3.63, 3.8) is 0 Å². The monoisotopic (exact) mass is 267 g/mol. The minimum absolute atomic E-state index is 0.561. The van der Waals surface area contributed by atoms with Gasteiger partial charge in [-0.05, 0) is 24.7 Å². The summed E-state index contributed by atoms with van der Waals surface area (Å²) >= 11 is 0. The van der Waals surface area contributed by atoms with E-state index >= 15 is 0 Å². The summed E-state index contributed by atoms with van der Waals surface area (Å²) in [7, 11) is 5.96. The van der Waals surface area contributed by atoms with E-state index in [4.69, 9.17) is 5.41 Å². The van der Waals surface area contributed by atoms with Gasteiger partial charge in [-0.3, -0.25) is 5.41 Å². The number of nitrogens with zero attached hydrogens (tertiary/aromatic N) is 1. The normalized spacial score (nSPS) is 10.3. The molecule has 0 aliphatic rings. The lowest BCUT2D eigenvalue weighted by atomic mass is 10.0. The summed E-state index contributed by atoms with van der Waals surface area (Å²) in [6.07, 6.45) is 0. The zero-order valence-electron chi connectivity index (χ0n) is 12.3. The molecule has 0 fully saturated rings. The van der Waals surface area contributed by atoms with Crippen LogP contribution >= 0.6 is 0 Å². The molecule has 0 amide bonds. The first-order valence-corrected chi connectivity index (χ1v) is 6.72. The highest BCUT2D eigenvalue weighted by Crippen LogP contribution is 2.16. The summed E-state index contributed by atoms with van der Waals surface area (Å²) in [4.78, 5) is 2.06. The van der Waals surface area contributed by atoms with Gasteiger partial charge in [-0.2, -0.15) is 0 Å². The Hall–Kier alpha value is -2.13. The molecular formula is C17H21N3. The van der Waals surface area contributed by atoms with Crippen molar-refractivity contribution in [1.29, 1.82) is 5.41 Å². The van der Waals surface area contributed by atoms with Crippen molar-refractivity contribution in [1.82, 2.24) is 5.32 Å². The molecule has 0 bridgehead atoms. The van der Waals surface area contributed by atoms with Gasteiger partial charge in [0.25, 0.3) is 0 Å². The van der Waals surface area contributed by atoms with Crippen LogP contribution in [0, 0.1) is 5.41 Å². The van der Waals surface area contributed by atoms with Gasteiger partial charge in [-0.25, -0.2) is 0 Å². The van der Waals surface area contributed by atoms with E-state index in [1.54, 1.807) is 0 Å². The zero-order valence-corrected chi connectivity index (χ0v) is 12.3. The molecule has 0 heterocycles. The second kappa shape index (κ2) is 6.35. The molecule has 0 saturated heterocycles. The molecule has 2 N–H and O–H groups in total. The highest BCUT2D eigenvalue weighted by atomic mass is 15.1. The first-order chi connectivity index (χ1) is 9.61. The molecule has 20 heavy (non-hydrogen) atoms. The first-order valence-electron chi connectivity index (χ1n) is 6.72. The summed E-state index contributed by atoms with van der Waals surface area (Å²) in [5, 5.41) is 11.4. The fraction of sp³-hybridized carbons (Fsp3) is 0.235.